The smallest absolute Gasteiger partial charge is 0.191 e. The van der Waals surface area contributed by atoms with E-state index in [4.69, 9.17) is 14.2 Å². The van der Waals surface area contributed by atoms with E-state index in [9.17, 15) is 8.78 Å². The molecule has 1 aromatic rings. The second-order valence-corrected chi connectivity index (χ2v) is 5.56. The van der Waals surface area contributed by atoms with Crippen molar-refractivity contribution in [2.24, 2.45) is 4.99 Å². The largest absolute Gasteiger partial charge is 0.489 e. The van der Waals surface area contributed by atoms with Gasteiger partial charge in [0, 0.05) is 32.9 Å². The number of nitrogens with one attached hydrogen (secondary N) is 2. The molecule has 0 spiro atoms. The van der Waals surface area contributed by atoms with Gasteiger partial charge in [0.2, 0.25) is 0 Å². The van der Waals surface area contributed by atoms with Crippen LogP contribution >= 0.6 is 24.0 Å². The van der Waals surface area contributed by atoms with Crippen LogP contribution in [0, 0.1) is 11.6 Å². The highest BCUT2D eigenvalue weighted by atomic mass is 127. The molecule has 1 heterocycles. The van der Waals surface area contributed by atoms with Gasteiger partial charge in [-0.2, -0.15) is 0 Å². The van der Waals surface area contributed by atoms with Gasteiger partial charge in [-0.3, -0.25) is 4.99 Å². The molecule has 1 aliphatic rings. The minimum atomic E-state index is -0.713. The molecule has 0 aliphatic carbocycles. The number of benzene rings is 1. The zero-order valence-electron chi connectivity index (χ0n) is 14.8. The maximum atomic E-state index is 13.4. The van der Waals surface area contributed by atoms with Crippen molar-refractivity contribution in [3.63, 3.8) is 0 Å². The molecule has 6 nitrogen and oxygen atoms in total. The number of guanidine groups is 1. The molecule has 0 saturated carbocycles. The lowest BCUT2D eigenvalue weighted by molar-refractivity contribution is 0.0420. The van der Waals surface area contributed by atoms with Crippen LogP contribution in [-0.4, -0.2) is 58.6 Å². The third-order valence-electron chi connectivity index (χ3n) is 3.62. The van der Waals surface area contributed by atoms with Crippen molar-refractivity contribution >= 4 is 29.9 Å². The highest BCUT2D eigenvalue weighted by Crippen LogP contribution is 2.17. The number of ether oxygens (including phenoxy) is 3. The number of hydrogen-bond acceptors (Lipinski definition) is 4. The van der Waals surface area contributed by atoms with Crippen LogP contribution in [0.15, 0.2) is 23.2 Å². The molecule has 2 N–H and O–H groups in total. The Kier molecular flexibility index (Phi) is 11.5. The second kappa shape index (κ2) is 13.0. The van der Waals surface area contributed by atoms with Crippen LogP contribution in [0.3, 0.4) is 0 Å². The van der Waals surface area contributed by atoms with Crippen LogP contribution in [0.25, 0.3) is 0 Å². The molecule has 0 aromatic heterocycles. The van der Waals surface area contributed by atoms with Crippen LogP contribution < -0.4 is 15.4 Å². The fourth-order valence-corrected chi connectivity index (χ4v) is 2.32. The van der Waals surface area contributed by atoms with E-state index in [-0.39, 0.29) is 42.4 Å². The Balaban J connectivity index is 0.00000338. The van der Waals surface area contributed by atoms with E-state index in [1.54, 1.807) is 7.05 Å². The summed E-state index contributed by atoms with van der Waals surface area (Å²) in [5.74, 6) is -0.682. The lowest BCUT2D eigenvalue weighted by atomic mass is 10.3. The molecule has 0 amide bonds. The molecule has 26 heavy (non-hydrogen) atoms. The normalized spacial score (nSPS) is 16.9. The molecule has 1 unspecified atom stereocenters. The molecule has 2 rings (SSSR count). The van der Waals surface area contributed by atoms with E-state index in [0.29, 0.717) is 25.7 Å². The summed E-state index contributed by atoms with van der Waals surface area (Å²) < 4.78 is 42.4. The Morgan fingerprint density at radius 2 is 2.08 bits per heavy atom. The molecule has 1 aromatic carbocycles. The topological polar surface area (TPSA) is 64.1 Å². The van der Waals surface area contributed by atoms with Gasteiger partial charge in [0.05, 0.1) is 19.3 Å². The monoisotopic (exact) mass is 485 g/mol. The van der Waals surface area contributed by atoms with Crippen LogP contribution in [0.5, 0.6) is 5.75 Å². The predicted molar refractivity (Wildman–Crippen MR) is 106 cm³/mol. The predicted octanol–water partition coefficient (Wildman–Crippen LogP) is 2.32. The number of hydrogen-bond donors (Lipinski definition) is 2. The Morgan fingerprint density at radius 1 is 1.27 bits per heavy atom. The molecule has 1 fully saturated rings. The zero-order chi connectivity index (χ0) is 17.9. The SMILES string of the molecule is CN=C(NCCCOC1CCOC1)NCCOc1ccc(F)cc1F.I. The summed E-state index contributed by atoms with van der Waals surface area (Å²) in [4.78, 5) is 4.09. The molecule has 0 radical (unpaired) electrons. The summed E-state index contributed by atoms with van der Waals surface area (Å²) in [6, 6.07) is 3.22. The van der Waals surface area contributed by atoms with Gasteiger partial charge >= 0.3 is 0 Å². The van der Waals surface area contributed by atoms with Crippen molar-refractivity contribution in [3.05, 3.63) is 29.8 Å². The molecule has 9 heteroatoms. The lowest BCUT2D eigenvalue weighted by Gasteiger charge is -2.13. The van der Waals surface area contributed by atoms with Crippen molar-refractivity contribution in [3.8, 4) is 5.75 Å². The Hall–Kier alpha value is -1.20. The summed E-state index contributed by atoms with van der Waals surface area (Å²) in [5, 5.41) is 6.22. The molecular weight excluding hydrogens is 459 g/mol. The zero-order valence-corrected chi connectivity index (χ0v) is 17.1. The van der Waals surface area contributed by atoms with Gasteiger partial charge in [-0.25, -0.2) is 8.78 Å². The number of rotatable bonds is 9. The van der Waals surface area contributed by atoms with Crippen molar-refractivity contribution in [1.82, 2.24) is 10.6 Å². The maximum absolute atomic E-state index is 13.4. The van der Waals surface area contributed by atoms with E-state index in [0.717, 1.165) is 38.1 Å². The number of aliphatic imine (C=N–C) groups is 1. The minimum Gasteiger partial charge on any atom is -0.489 e. The third kappa shape index (κ3) is 8.45. The molecule has 0 bridgehead atoms. The van der Waals surface area contributed by atoms with E-state index < -0.39 is 11.6 Å². The quantitative estimate of drug-likeness (QED) is 0.244. The first-order valence-electron chi connectivity index (χ1n) is 8.40. The molecule has 1 aliphatic heterocycles. The van der Waals surface area contributed by atoms with Crippen LogP contribution in [0.2, 0.25) is 0 Å². The van der Waals surface area contributed by atoms with Gasteiger partial charge in [0.15, 0.2) is 17.5 Å². The van der Waals surface area contributed by atoms with Crippen LogP contribution in [-0.2, 0) is 9.47 Å². The van der Waals surface area contributed by atoms with E-state index >= 15 is 0 Å². The first-order valence-corrected chi connectivity index (χ1v) is 8.40. The van der Waals surface area contributed by atoms with Crippen molar-refractivity contribution in [2.75, 3.05) is 46.6 Å². The van der Waals surface area contributed by atoms with E-state index in [2.05, 4.69) is 15.6 Å². The summed E-state index contributed by atoms with van der Waals surface area (Å²) >= 11 is 0. The summed E-state index contributed by atoms with van der Waals surface area (Å²) in [7, 11) is 1.67. The lowest BCUT2D eigenvalue weighted by Crippen LogP contribution is -2.40. The fraction of sp³-hybridized carbons (Fsp3) is 0.588. The van der Waals surface area contributed by atoms with Gasteiger partial charge in [-0.1, -0.05) is 0 Å². The maximum Gasteiger partial charge on any atom is 0.191 e. The highest BCUT2D eigenvalue weighted by Gasteiger charge is 2.15. The van der Waals surface area contributed by atoms with E-state index in [1.807, 2.05) is 0 Å². The van der Waals surface area contributed by atoms with Gasteiger partial charge in [-0.15, -0.1) is 24.0 Å². The average Bonchev–Trinajstić information content (AvgIpc) is 3.11. The van der Waals surface area contributed by atoms with Gasteiger partial charge in [-0.05, 0) is 25.0 Å². The molecule has 1 saturated heterocycles. The summed E-state index contributed by atoms with van der Waals surface area (Å²) in [6.07, 6.45) is 2.04. The van der Waals surface area contributed by atoms with E-state index in [1.165, 1.54) is 6.07 Å². The van der Waals surface area contributed by atoms with Crippen molar-refractivity contribution in [2.45, 2.75) is 18.9 Å². The third-order valence-corrected chi connectivity index (χ3v) is 3.62. The molecular formula is C17H26F2IN3O3. The first-order chi connectivity index (χ1) is 12.2. The fourth-order valence-electron chi connectivity index (χ4n) is 2.32. The Bertz CT molecular complexity index is 558. The highest BCUT2D eigenvalue weighted by molar-refractivity contribution is 14.0. The van der Waals surface area contributed by atoms with Gasteiger partial charge in [0.1, 0.15) is 12.4 Å². The van der Waals surface area contributed by atoms with Crippen LogP contribution in [0.4, 0.5) is 8.78 Å². The number of halogens is 3. The Morgan fingerprint density at radius 3 is 2.77 bits per heavy atom. The summed E-state index contributed by atoms with van der Waals surface area (Å²) in [6.45, 7) is 3.53. The second-order valence-electron chi connectivity index (χ2n) is 5.56. The van der Waals surface area contributed by atoms with Gasteiger partial charge in [0.25, 0.3) is 0 Å². The van der Waals surface area contributed by atoms with Crippen molar-refractivity contribution < 1.29 is 23.0 Å². The molecule has 148 valence electrons. The summed E-state index contributed by atoms with van der Waals surface area (Å²) in [5.41, 5.74) is 0. The van der Waals surface area contributed by atoms with Crippen LogP contribution in [0.1, 0.15) is 12.8 Å². The first kappa shape index (κ1) is 22.8. The average molecular weight is 485 g/mol. The molecule has 1 atom stereocenters. The van der Waals surface area contributed by atoms with Crippen molar-refractivity contribution in [1.29, 1.82) is 0 Å². The Labute approximate surface area is 169 Å². The van der Waals surface area contributed by atoms with Gasteiger partial charge < -0.3 is 24.8 Å². The minimum absolute atomic E-state index is 0. The number of nitrogens with zero attached hydrogens (tertiary/aromatic N) is 1. The standard InChI is InChI=1S/C17H25F2N3O3.HI/c1-20-17(21-6-2-8-24-14-5-9-23-12-14)22-7-10-25-16-4-3-13(18)11-15(16)19;/h3-4,11,14H,2,5-10,12H2,1H3,(H2,20,21,22);1H.